The molecule has 0 aliphatic carbocycles. The Balaban J connectivity index is 1.33. The van der Waals surface area contributed by atoms with Crippen LogP contribution in [0.1, 0.15) is 54.4 Å². The van der Waals surface area contributed by atoms with Gasteiger partial charge in [-0.1, -0.05) is 51.1 Å². The number of nitrogens with one attached hydrogen (secondary N) is 1. The average molecular weight is 451 g/mol. The van der Waals surface area contributed by atoms with E-state index in [-0.39, 0.29) is 23.1 Å². The van der Waals surface area contributed by atoms with E-state index in [0.29, 0.717) is 38.3 Å². The number of nitrogens with zero attached hydrogens (tertiary/aromatic N) is 3. The number of amides is 2. The fourth-order valence-electron chi connectivity index (χ4n) is 3.98. The number of rotatable bonds is 5. The van der Waals surface area contributed by atoms with Gasteiger partial charge in [-0.3, -0.25) is 9.59 Å². The van der Waals surface area contributed by atoms with E-state index in [1.807, 2.05) is 33.2 Å². The predicted molar refractivity (Wildman–Crippen MR) is 128 cm³/mol. The number of carbonyl (C=O) groups excluding carboxylic acids is 2. The summed E-state index contributed by atoms with van der Waals surface area (Å²) >= 11 is 1.46. The predicted octanol–water partition coefficient (Wildman–Crippen LogP) is 4.78. The van der Waals surface area contributed by atoms with Crippen LogP contribution in [0.4, 0.5) is 5.82 Å². The van der Waals surface area contributed by atoms with Crippen LogP contribution >= 0.6 is 11.3 Å². The van der Waals surface area contributed by atoms with E-state index in [1.54, 1.807) is 6.20 Å². The van der Waals surface area contributed by atoms with Crippen LogP contribution in [-0.4, -0.2) is 39.6 Å². The van der Waals surface area contributed by atoms with Crippen molar-refractivity contribution in [3.8, 4) is 0 Å². The molecule has 1 N–H and O–H groups in total. The van der Waals surface area contributed by atoms with Crippen molar-refractivity contribution in [3.05, 3.63) is 70.0 Å². The molecule has 168 valence electrons. The van der Waals surface area contributed by atoms with E-state index in [9.17, 15) is 9.59 Å². The molecule has 32 heavy (non-hydrogen) atoms. The molecule has 6 nitrogen and oxygen atoms in total. The Kier molecular flexibility index (Phi) is 6.46. The van der Waals surface area contributed by atoms with Gasteiger partial charge in [-0.05, 0) is 40.8 Å². The molecule has 2 aromatic heterocycles. The maximum absolute atomic E-state index is 12.9. The van der Waals surface area contributed by atoms with Crippen LogP contribution in [0.3, 0.4) is 0 Å². The van der Waals surface area contributed by atoms with Crippen molar-refractivity contribution in [2.75, 3.05) is 18.4 Å². The van der Waals surface area contributed by atoms with E-state index in [1.165, 1.54) is 16.9 Å². The molecule has 0 saturated carbocycles. The summed E-state index contributed by atoms with van der Waals surface area (Å²) in [7, 11) is 0. The van der Waals surface area contributed by atoms with E-state index < -0.39 is 0 Å². The largest absolute Gasteiger partial charge is 0.338 e. The molecule has 0 radical (unpaired) electrons. The Morgan fingerprint density at radius 1 is 1.09 bits per heavy atom. The van der Waals surface area contributed by atoms with Gasteiger partial charge >= 0.3 is 0 Å². The SMILES string of the molecule is CC(C)(C)c1ccc(Cn2nccc2NC(=O)C2CCN(C(=O)c3cccs3)CC2)cc1. The van der Waals surface area contributed by atoms with Crippen molar-refractivity contribution in [3.63, 3.8) is 0 Å². The summed E-state index contributed by atoms with van der Waals surface area (Å²) in [6, 6.07) is 14.1. The number of hydrogen-bond acceptors (Lipinski definition) is 4. The van der Waals surface area contributed by atoms with Crippen molar-refractivity contribution < 1.29 is 9.59 Å². The monoisotopic (exact) mass is 450 g/mol. The number of hydrogen-bond donors (Lipinski definition) is 1. The van der Waals surface area contributed by atoms with Crippen LogP contribution in [0.15, 0.2) is 54.0 Å². The van der Waals surface area contributed by atoms with Gasteiger partial charge in [-0.15, -0.1) is 11.3 Å². The normalized spacial score (nSPS) is 15.0. The van der Waals surface area contributed by atoms with Gasteiger partial charge in [0.25, 0.3) is 5.91 Å². The zero-order chi connectivity index (χ0) is 22.7. The van der Waals surface area contributed by atoms with E-state index >= 15 is 0 Å². The van der Waals surface area contributed by atoms with Crippen molar-refractivity contribution in [1.29, 1.82) is 0 Å². The molecule has 3 aromatic rings. The van der Waals surface area contributed by atoms with Crippen LogP contribution in [-0.2, 0) is 16.8 Å². The van der Waals surface area contributed by atoms with Crippen LogP contribution < -0.4 is 5.32 Å². The lowest BCUT2D eigenvalue weighted by molar-refractivity contribution is -0.121. The molecular weight excluding hydrogens is 420 g/mol. The number of carbonyl (C=O) groups is 2. The fraction of sp³-hybridized carbons (Fsp3) is 0.400. The molecule has 1 aliphatic rings. The minimum atomic E-state index is -0.100. The summed E-state index contributed by atoms with van der Waals surface area (Å²) in [6.45, 7) is 8.41. The highest BCUT2D eigenvalue weighted by Gasteiger charge is 2.28. The van der Waals surface area contributed by atoms with Gasteiger partial charge in [0, 0.05) is 25.1 Å². The molecule has 4 rings (SSSR count). The third-order valence-electron chi connectivity index (χ3n) is 6.01. The topological polar surface area (TPSA) is 67.2 Å². The number of aromatic nitrogens is 2. The fourth-order valence-corrected chi connectivity index (χ4v) is 4.67. The summed E-state index contributed by atoms with van der Waals surface area (Å²) in [6.07, 6.45) is 3.05. The van der Waals surface area contributed by atoms with Crippen LogP contribution in [0, 0.1) is 5.92 Å². The summed E-state index contributed by atoms with van der Waals surface area (Å²) in [5.74, 6) is 0.663. The third-order valence-corrected chi connectivity index (χ3v) is 6.86. The van der Waals surface area contributed by atoms with Crippen molar-refractivity contribution in [2.45, 2.75) is 45.6 Å². The molecule has 0 spiro atoms. The van der Waals surface area contributed by atoms with Gasteiger partial charge in [0.15, 0.2) is 0 Å². The smallest absolute Gasteiger partial charge is 0.263 e. The highest BCUT2D eigenvalue weighted by Crippen LogP contribution is 2.24. The lowest BCUT2D eigenvalue weighted by Crippen LogP contribution is -2.41. The molecule has 7 heteroatoms. The highest BCUT2D eigenvalue weighted by molar-refractivity contribution is 7.12. The molecular formula is C25H30N4O2S. The number of benzene rings is 1. The van der Waals surface area contributed by atoms with E-state index in [2.05, 4.69) is 55.5 Å². The van der Waals surface area contributed by atoms with Crippen molar-refractivity contribution >= 4 is 29.0 Å². The summed E-state index contributed by atoms with van der Waals surface area (Å²) in [5.41, 5.74) is 2.55. The summed E-state index contributed by atoms with van der Waals surface area (Å²) < 4.78 is 1.82. The molecule has 3 heterocycles. The van der Waals surface area contributed by atoms with Crippen LogP contribution in [0.2, 0.25) is 0 Å². The second-order valence-corrected chi connectivity index (χ2v) is 10.3. The van der Waals surface area contributed by atoms with Gasteiger partial charge in [-0.25, -0.2) is 4.68 Å². The Bertz CT molecular complexity index is 1060. The molecule has 0 atom stereocenters. The first-order valence-corrected chi connectivity index (χ1v) is 11.9. The van der Waals surface area contributed by atoms with Gasteiger partial charge < -0.3 is 10.2 Å². The Morgan fingerprint density at radius 2 is 1.81 bits per heavy atom. The lowest BCUT2D eigenvalue weighted by Gasteiger charge is -2.31. The third kappa shape index (κ3) is 5.10. The highest BCUT2D eigenvalue weighted by atomic mass is 32.1. The molecule has 0 bridgehead atoms. The molecule has 1 aromatic carbocycles. The summed E-state index contributed by atoms with van der Waals surface area (Å²) in [4.78, 5) is 28.0. The molecule has 1 aliphatic heterocycles. The van der Waals surface area contributed by atoms with E-state index in [4.69, 9.17) is 0 Å². The minimum Gasteiger partial charge on any atom is -0.338 e. The Hall–Kier alpha value is -2.93. The van der Waals surface area contributed by atoms with Gasteiger partial charge in [0.05, 0.1) is 17.6 Å². The molecule has 0 unspecified atom stereocenters. The van der Waals surface area contributed by atoms with Gasteiger partial charge in [0.1, 0.15) is 5.82 Å². The maximum Gasteiger partial charge on any atom is 0.263 e. The standard InChI is InChI=1S/C25H30N4O2S/c1-25(2,3)20-8-6-18(7-9-20)17-29-22(10-13-26-29)27-23(30)19-11-14-28(15-12-19)24(31)21-5-4-16-32-21/h4-10,13,16,19H,11-12,14-15,17H2,1-3H3,(H,27,30). The zero-order valence-corrected chi connectivity index (χ0v) is 19.7. The number of thiophene rings is 1. The van der Waals surface area contributed by atoms with Crippen molar-refractivity contribution in [2.24, 2.45) is 5.92 Å². The quantitative estimate of drug-likeness (QED) is 0.608. The maximum atomic E-state index is 12.9. The first kappa shape index (κ1) is 22.3. The molecule has 2 amide bonds. The first-order chi connectivity index (χ1) is 15.3. The second kappa shape index (κ2) is 9.28. The lowest BCUT2D eigenvalue weighted by atomic mass is 9.87. The Morgan fingerprint density at radius 3 is 2.44 bits per heavy atom. The zero-order valence-electron chi connectivity index (χ0n) is 18.9. The molecule has 1 fully saturated rings. The minimum absolute atomic E-state index is 0.00180. The van der Waals surface area contributed by atoms with Crippen molar-refractivity contribution in [1.82, 2.24) is 14.7 Å². The van der Waals surface area contributed by atoms with Gasteiger partial charge in [0.2, 0.25) is 5.91 Å². The second-order valence-electron chi connectivity index (χ2n) is 9.35. The number of likely N-dealkylation sites (tertiary alicyclic amines) is 1. The number of piperidine rings is 1. The van der Waals surface area contributed by atoms with E-state index in [0.717, 1.165) is 10.4 Å². The number of anilines is 1. The van der Waals surface area contributed by atoms with Crippen LogP contribution in [0.5, 0.6) is 0 Å². The molecule has 1 saturated heterocycles. The van der Waals surface area contributed by atoms with Gasteiger partial charge in [-0.2, -0.15) is 5.10 Å². The average Bonchev–Trinajstić information content (AvgIpc) is 3.46. The van der Waals surface area contributed by atoms with Crippen LogP contribution in [0.25, 0.3) is 0 Å². The first-order valence-electron chi connectivity index (χ1n) is 11.1. The Labute approximate surface area is 193 Å². The summed E-state index contributed by atoms with van der Waals surface area (Å²) in [5, 5.41) is 9.35.